The highest BCUT2D eigenvalue weighted by molar-refractivity contribution is 5.92. The number of fused-ring (bicyclic) bond motifs is 1. The lowest BCUT2D eigenvalue weighted by Gasteiger charge is -1.98. The Bertz CT molecular complexity index is 908. The standard InChI is InChI=1S/C15H12N4O3/c20-8-10-5-6-13(22-10)15-11-3-1-2-4-12(11)19(18-15)7-14-17-16-9-21-14/h1-6,9,20H,7-8H2. The zero-order valence-corrected chi connectivity index (χ0v) is 11.5. The number of hydrogen-bond donors (Lipinski definition) is 1. The Morgan fingerprint density at radius 3 is 2.82 bits per heavy atom. The molecule has 7 heteroatoms. The Morgan fingerprint density at radius 2 is 2.05 bits per heavy atom. The zero-order chi connectivity index (χ0) is 14.9. The predicted octanol–water partition coefficient (Wildman–Crippen LogP) is 2.22. The normalized spacial score (nSPS) is 11.3. The average molecular weight is 296 g/mol. The summed E-state index contributed by atoms with van der Waals surface area (Å²) in [4.78, 5) is 0. The highest BCUT2D eigenvalue weighted by atomic mass is 16.4. The van der Waals surface area contributed by atoms with Crippen molar-refractivity contribution < 1.29 is 13.9 Å². The molecule has 0 radical (unpaired) electrons. The highest BCUT2D eigenvalue weighted by Crippen LogP contribution is 2.29. The lowest BCUT2D eigenvalue weighted by atomic mass is 10.2. The van der Waals surface area contributed by atoms with Crippen LogP contribution < -0.4 is 0 Å². The molecular formula is C15H12N4O3. The van der Waals surface area contributed by atoms with Gasteiger partial charge in [0.2, 0.25) is 12.3 Å². The third-order valence-corrected chi connectivity index (χ3v) is 3.40. The van der Waals surface area contributed by atoms with E-state index in [0.29, 0.717) is 24.0 Å². The van der Waals surface area contributed by atoms with Gasteiger partial charge < -0.3 is 13.9 Å². The van der Waals surface area contributed by atoms with Crippen LogP contribution >= 0.6 is 0 Å². The SMILES string of the molecule is OCc1ccc(-c2nn(Cc3nnco3)c3ccccc23)o1. The predicted molar refractivity (Wildman–Crippen MR) is 76.8 cm³/mol. The summed E-state index contributed by atoms with van der Waals surface area (Å²) >= 11 is 0. The number of benzene rings is 1. The van der Waals surface area contributed by atoms with Gasteiger partial charge in [0.15, 0.2) is 5.76 Å². The van der Waals surface area contributed by atoms with E-state index in [0.717, 1.165) is 16.6 Å². The number of para-hydroxylation sites is 1. The van der Waals surface area contributed by atoms with E-state index in [9.17, 15) is 0 Å². The van der Waals surface area contributed by atoms with Crippen molar-refractivity contribution in [2.75, 3.05) is 0 Å². The van der Waals surface area contributed by atoms with Crippen molar-refractivity contribution in [3.8, 4) is 11.5 Å². The van der Waals surface area contributed by atoms with Crippen LogP contribution in [0, 0.1) is 0 Å². The van der Waals surface area contributed by atoms with E-state index in [1.165, 1.54) is 6.39 Å². The molecule has 1 N–H and O–H groups in total. The van der Waals surface area contributed by atoms with Crippen molar-refractivity contribution in [1.29, 1.82) is 0 Å². The second kappa shape index (κ2) is 5.12. The Morgan fingerprint density at radius 1 is 1.14 bits per heavy atom. The highest BCUT2D eigenvalue weighted by Gasteiger charge is 2.16. The van der Waals surface area contributed by atoms with Crippen molar-refractivity contribution >= 4 is 10.9 Å². The van der Waals surface area contributed by atoms with Crippen LogP contribution in [0.4, 0.5) is 0 Å². The Balaban J connectivity index is 1.85. The Labute approximate surface area is 124 Å². The summed E-state index contributed by atoms with van der Waals surface area (Å²) in [7, 11) is 0. The lowest BCUT2D eigenvalue weighted by Crippen LogP contribution is -2.02. The summed E-state index contributed by atoms with van der Waals surface area (Å²) in [5, 5.41) is 22.3. The minimum absolute atomic E-state index is 0.138. The summed E-state index contributed by atoms with van der Waals surface area (Å²) in [5.74, 6) is 1.60. The van der Waals surface area contributed by atoms with Crippen LogP contribution in [0.25, 0.3) is 22.4 Å². The van der Waals surface area contributed by atoms with Gasteiger partial charge in [-0.1, -0.05) is 18.2 Å². The fourth-order valence-electron chi connectivity index (χ4n) is 2.41. The molecule has 3 heterocycles. The molecule has 4 aromatic rings. The van der Waals surface area contributed by atoms with Crippen LogP contribution in [-0.4, -0.2) is 25.1 Å². The summed E-state index contributed by atoms with van der Waals surface area (Å²) < 4.78 is 12.6. The maximum absolute atomic E-state index is 9.14. The number of aliphatic hydroxyl groups excluding tert-OH is 1. The van der Waals surface area contributed by atoms with E-state index in [1.807, 2.05) is 24.3 Å². The molecule has 3 aromatic heterocycles. The topological polar surface area (TPSA) is 90.1 Å². The zero-order valence-electron chi connectivity index (χ0n) is 11.5. The molecular weight excluding hydrogens is 284 g/mol. The largest absolute Gasteiger partial charge is 0.457 e. The van der Waals surface area contributed by atoms with Gasteiger partial charge in [-0.2, -0.15) is 5.10 Å². The molecule has 110 valence electrons. The second-order valence-electron chi connectivity index (χ2n) is 4.78. The Kier molecular flexibility index (Phi) is 2.97. The first-order valence-corrected chi connectivity index (χ1v) is 6.75. The first kappa shape index (κ1) is 12.8. The summed E-state index contributed by atoms with van der Waals surface area (Å²) in [6.07, 6.45) is 1.29. The number of rotatable bonds is 4. The van der Waals surface area contributed by atoms with Gasteiger partial charge in [-0.3, -0.25) is 4.68 Å². The lowest BCUT2D eigenvalue weighted by molar-refractivity contribution is 0.248. The van der Waals surface area contributed by atoms with Gasteiger partial charge in [-0.25, -0.2) is 0 Å². The van der Waals surface area contributed by atoms with E-state index < -0.39 is 0 Å². The summed E-state index contributed by atoms with van der Waals surface area (Å²) in [6.45, 7) is 0.245. The van der Waals surface area contributed by atoms with Crippen molar-refractivity contribution in [3.63, 3.8) is 0 Å². The Hall–Kier alpha value is -2.93. The van der Waals surface area contributed by atoms with Crippen molar-refractivity contribution in [1.82, 2.24) is 20.0 Å². The molecule has 0 fully saturated rings. The monoisotopic (exact) mass is 296 g/mol. The van der Waals surface area contributed by atoms with Gasteiger partial charge in [0.25, 0.3) is 0 Å². The van der Waals surface area contributed by atoms with E-state index in [2.05, 4.69) is 15.3 Å². The quantitative estimate of drug-likeness (QED) is 0.621. The molecule has 0 spiro atoms. The van der Waals surface area contributed by atoms with Crippen molar-refractivity contribution in [2.24, 2.45) is 0 Å². The fourth-order valence-corrected chi connectivity index (χ4v) is 2.41. The molecule has 1 aromatic carbocycles. The molecule has 4 rings (SSSR count). The molecule has 0 unspecified atom stereocenters. The van der Waals surface area contributed by atoms with Gasteiger partial charge in [-0.05, 0) is 18.2 Å². The fraction of sp³-hybridized carbons (Fsp3) is 0.133. The molecule has 0 aliphatic rings. The van der Waals surface area contributed by atoms with E-state index in [-0.39, 0.29) is 6.61 Å². The molecule has 0 amide bonds. The average Bonchev–Trinajstić information content (AvgIpc) is 3.27. The number of hydrogen-bond acceptors (Lipinski definition) is 6. The van der Waals surface area contributed by atoms with Gasteiger partial charge >= 0.3 is 0 Å². The maximum atomic E-state index is 9.14. The minimum atomic E-state index is -0.138. The maximum Gasteiger partial charge on any atom is 0.237 e. The molecule has 0 atom stereocenters. The van der Waals surface area contributed by atoms with Gasteiger partial charge in [0, 0.05) is 5.39 Å². The van der Waals surface area contributed by atoms with Gasteiger partial charge in [-0.15, -0.1) is 10.2 Å². The van der Waals surface area contributed by atoms with Crippen LogP contribution in [0.1, 0.15) is 11.7 Å². The number of aromatic nitrogens is 4. The number of aliphatic hydroxyl groups is 1. The third kappa shape index (κ3) is 2.08. The van der Waals surface area contributed by atoms with Crippen molar-refractivity contribution in [2.45, 2.75) is 13.2 Å². The van der Waals surface area contributed by atoms with E-state index >= 15 is 0 Å². The smallest absolute Gasteiger partial charge is 0.237 e. The minimum Gasteiger partial charge on any atom is -0.457 e. The van der Waals surface area contributed by atoms with E-state index in [1.54, 1.807) is 16.8 Å². The van der Waals surface area contributed by atoms with Crippen LogP contribution in [0.2, 0.25) is 0 Å². The van der Waals surface area contributed by atoms with Gasteiger partial charge in [0.1, 0.15) is 24.6 Å². The molecule has 0 saturated heterocycles. The molecule has 0 saturated carbocycles. The molecule has 22 heavy (non-hydrogen) atoms. The summed E-state index contributed by atoms with van der Waals surface area (Å²) in [5.41, 5.74) is 1.66. The van der Waals surface area contributed by atoms with Gasteiger partial charge in [0.05, 0.1) is 5.52 Å². The van der Waals surface area contributed by atoms with E-state index in [4.69, 9.17) is 13.9 Å². The third-order valence-electron chi connectivity index (χ3n) is 3.40. The first-order valence-electron chi connectivity index (χ1n) is 6.75. The molecule has 0 bridgehead atoms. The first-order chi connectivity index (χ1) is 10.8. The second-order valence-corrected chi connectivity index (χ2v) is 4.78. The van der Waals surface area contributed by atoms with Crippen LogP contribution in [0.3, 0.4) is 0 Å². The molecule has 0 aliphatic heterocycles. The molecule has 7 nitrogen and oxygen atoms in total. The summed E-state index contributed by atoms with van der Waals surface area (Å²) in [6, 6.07) is 11.4. The van der Waals surface area contributed by atoms with Crippen molar-refractivity contribution in [3.05, 3.63) is 54.4 Å². The van der Waals surface area contributed by atoms with Crippen LogP contribution in [0.5, 0.6) is 0 Å². The van der Waals surface area contributed by atoms with Crippen LogP contribution in [0.15, 0.2) is 51.6 Å². The number of nitrogens with zero attached hydrogens (tertiary/aromatic N) is 4. The van der Waals surface area contributed by atoms with Crippen LogP contribution in [-0.2, 0) is 13.2 Å². The molecule has 0 aliphatic carbocycles. The number of furan rings is 1.